The Balaban J connectivity index is 2.06. The molecule has 1 aliphatic rings. The molecule has 3 rings (SSSR count). The van der Waals surface area contributed by atoms with Gasteiger partial charge in [-0.1, -0.05) is 18.2 Å². The van der Waals surface area contributed by atoms with E-state index in [9.17, 15) is 17.8 Å². The molecular weight excluding hydrogens is 308 g/mol. The molecule has 8 heteroatoms. The van der Waals surface area contributed by atoms with Gasteiger partial charge in [0.15, 0.2) is 0 Å². The van der Waals surface area contributed by atoms with Crippen LogP contribution in [-0.2, 0) is 15.0 Å². The van der Waals surface area contributed by atoms with Gasteiger partial charge in [0, 0.05) is 11.6 Å². The van der Waals surface area contributed by atoms with Gasteiger partial charge in [0.25, 0.3) is 0 Å². The first-order valence-electron chi connectivity index (χ1n) is 6.79. The maximum Gasteiger partial charge on any atom is 0.430 e. The Morgan fingerprint density at radius 3 is 2.64 bits per heavy atom. The normalized spacial score (nSPS) is 15.3. The fourth-order valence-electron chi connectivity index (χ4n) is 2.25. The van der Waals surface area contributed by atoms with Crippen molar-refractivity contribution in [3.63, 3.8) is 0 Å². The second-order valence-corrected chi connectivity index (χ2v) is 6.29. The van der Waals surface area contributed by atoms with Crippen molar-refractivity contribution in [2.24, 2.45) is 0 Å². The Morgan fingerprint density at radius 2 is 2.00 bits per heavy atom. The molecule has 1 N–H and O–H groups in total. The maximum atomic E-state index is 12.2. The number of fused-ring (bicyclic) bond motifs is 1. The Morgan fingerprint density at radius 1 is 1.27 bits per heavy atom. The summed E-state index contributed by atoms with van der Waals surface area (Å²) in [6.45, 7) is 0. The zero-order valence-electron chi connectivity index (χ0n) is 11.5. The monoisotopic (exact) mass is 322 g/mol. The standard InChI is InChI=1S/C14H14N2O5S/c17-14(21-11-6-2-7-11)16(22(18,19)20)12-8-1-4-10-5-3-9-15-13(10)12/h1,3-5,8-9,11H,2,6-7H2,(H,18,19,20). The van der Waals surface area contributed by atoms with Gasteiger partial charge in [-0.3, -0.25) is 9.54 Å². The summed E-state index contributed by atoms with van der Waals surface area (Å²) < 4.78 is 38.1. The summed E-state index contributed by atoms with van der Waals surface area (Å²) in [7, 11) is -4.82. The van der Waals surface area contributed by atoms with Crippen LogP contribution < -0.4 is 4.31 Å². The number of amides is 1. The van der Waals surface area contributed by atoms with Crippen LogP contribution in [0, 0.1) is 0 Å². The maximum absolute atomic E-state index is 12.2. The molecule has 1 heterocycles. The minimum absolute atomic E-state index is 0.0371. The summed E-state index contributed by atoms with van der Waals surface area (Å²) in [6, 6.07) is 8.12. The first kappa shape index (κ1) is 14.7. The number of carbonyl (C=O) groups is 1. The first-order valence-corrected chi connectivity index (χ1v) is 8.18. The van der Waals surface area contributed by atoms with Gasteiger partial charge >= 0.3 is 16.4 Å². The number of ether oxygens (including phenoxy) is 1. The van der Waals surface area contributed by atoms with E-state index >= 15 is 0 Å². The van der Waals surface area contributed by atoms with Crippen LogP contribution in [0.3, 0.4) is 0 Å². The molecule has 0 unspecified atom stereocenters. The van der Waals surface area contributed by atoms with Gasteiger partial charge in [-0.05, 0) is 31.4 Å². The van der Waals surface area contributed by atoms with E-state index in [0.717, 1.165) is 6.42 Å². The summed E-state index contributed by atoms with van der Waals surface area (Å²) in [5.41, 5.74) is 0.248. The van der Waals surface area contributed by atoms with Crippen molar-refractivity contribution in [3.8, 4) is 0 Å². The Kier molecular flexibility index (Phi) is 3.71. The second-order valence-electron chi connectivity index (χ2n) is 5.03. The van der Waals surface area contributed by atoms with Crippen LogP contribution in [0.4, 0.5) is 10.5 Å². The topological polar surface area (TPSA) is 96.8 Å². The Labute approximate surface area is 127 Å². The van der Waals surface area contributed by atoms with E-state index in [1.807, 2.05) is 0 Å². The Hall–Kier alpha value is -2.19. The predicted octanol–water partition coefficient (Wildman–Crippen LogP) is 2.53. The SMILES string of the molecule is O=C(OC1CCC1)N(c1cccc2cccnc12)S(=O)(=O)O. The summed E-state index contributed by atoms with van der Waals surface area (Å²) in [6.07, 6.45) is 2.37. The largest absolute Gasteiger partial charge is 0.445 e. The van der Waals surface area contributed by atoms with E-state index in [2.05, 4.69) is 4.98 Å². The highest BCUT2D eigenvalue weighted by Gasteiger charge is 2.34. The lowest BCUT2D eigenvalue weighted by atomic mass is 9.96. The number of anilines is 1. The third kappa shape index (κ3) is 2.75. The number of benzene rings is 1. The molecular formula is C14H14N2O5S. The molecule has 1 fully saturated rings. The molecule has 1 aromatic heterocycles. The van der Waals surface area contributed by atoms with Crippen LogP contribution in [0.1, 0.15) is 19.3 Å². The van der Waals surface area contributed by atoms with E-state index in [0.29, 0.717) is 18.2 Å². The summed E-state index contributed by atoms with van der Waals surface area (Å²) in [5, 5.41) is 0.644. The molecule has 0 spiro atoms. The molecule has 116 valence electrons. The van der Waals surface area contributed by atoms with E-state index < -0.39 is 16.4 Å². The van der Waals surface area contributed by atoms with Crippen molar-refractivity contribution in [2.45, 2.75) is 25.4 Å². The van der Waals surface area contributed by atoms with Crippen LogP contribution >= 0.6 is 0 Å². The van der Waals surface area contributed by atoms with Crippen molar-refractivity contribution >= 4 is 33.0 Å². The zero-order valence-corrected chi connectivity index (χ0v) is 12.4. The molecule has 7 nitrogen and oxygen atoms in total. The highest BCUT2D eigenvalue weighted by molar-refractivity contribution is 7.88. The van der Waals surface area contributed by atoms with Crippen molar-refractivity contribution in [2.75, 3.05) is 4.31 Å². The number of hydrogen-bond acceptors (Lipinski definition) is 5. The summed E-state index contributed by atoms with van der Waals surface area (Å²) in [5.74, 6) is 0. The first-order chi connectivity index (χ1) is 10.5. The minimum Gasteiger partial charge on any atom is -0.445 e. The van der Waals surface area contributed by atoms with Gasteiger partial charge in [0.1, 0.15) is 6.10 Å². The zero-order chi connectivity index (χ0) is 15.7. The molecule has 1 aromatic carbocycles. The van der Waals surface area contributed by atoms with Crippen LogP contribution in [0.2, 0.25) is 0 Å². The molecule has 1 amide bonds. The molecule has 0 aliphatic heterocycles. The Bertz CT molecular complexity index is 812. The van der Waals surface area contributed by atoms with Gasteiger partial charge in [0.05, 0.1) is 11.2 Å². The average Bonchev–Trinajstić information content (AvgIpc) is 2.42. The van der Waals surface area contributed by atoms with Gasteiger partial charge in [0.2, 0.25) is 0 Å². The molecule has 0 saturated heterocycles. The average molecular weight is 322 g/mol. The number of aromatic nitrogens is 1. The van der Waals surface area contributed by atoms with Crippen LogP contribution in [0.25, 0.3) is 10.9 Å². The predicted molar refractivity (Wildman–Crippen MR) is 79.9 cm³/mol. The quantitative estimate of drug-likeness (QED) is 0.872. The molecule has 1 aliphatic carbocycles. The van der Waals surface area contributed by atoms with E-state index in [1.54, 1.807) is 24.3 Å². The summed E-state index contributed by atoms with van der Waals surface area (Å²) in [4.78, 5) is 16.3. The van der Waals surface area contributed by atoms with E-state index in [1.165, 1.54) is 12.3 Å². The number of para-hydroxylation sites is 1. The smallest absolute Gasteiger partial charge is 0.430 e. The number of carbonyl (C=O) groups excluding carboxylic acids is 1. The lowest BCUT2D eigenvalue weighted by molar-refractivity contribution is 0.0597. The lowest BCUT2D eigenvalue weighted by Gasteiger charge is -2.28. The van der Waals surface area contributed by atoms with Crippen LogP contribution in [0.5, 0.6) is 0 Å². The minimum atomic E-state index is -4.82. The number of pyridine rings is 1. The fraction of sp³-hybridized carbons (Fsp3) is 0.286. The second kappa shape index (κ2) is 5.54. The number of nitrogens with zero attached hydrogens (tertiary/aromatic N) is 2. The van der Waals surface area contributed by atoms with Crippen molar-refractivity contribution in [1.29, 1.82) is 0 Å². The van der Waals surface area contributed by atoms with Gasteiger partial charge in [-0.15, -0.1) is 4.31 Å². The molecule has 1 saturated carbocycles. The van der Waals surface area contributed by atoms with Crippen LogP contribution in [0.15, 0.2) is 36.5 Å². The number of hydrogen-bond donors (Lipinski definition) is 1. The number of rotatable bonds is 3. The van der Waals surface area contributed by atoms with Gasteiger partial charge in [-0.2, -0.15) is 8.42 Å². The highest BCUT2D eigenvalue weighted by Crippen LogP contribution is 2.29. The third-order valence-electron chi connectivity index (χ3n) is 3.55. The summed E-state index contributed by atoms with van der Waals surface area (Å²) >= 11 is 0. The molecule has 22 heavy (non-hydrogen) atoms. The molecule has 2 aromatic rings. The molecule has 0 atom stereocenters. The lowest BCUT2D eigenvalue weighted by Crippen LogP contribution is -2.40. The molecule has 0 bridgehead atoms. The van der Waals surface area contributed by atoms with E-state index in [-0.39, 0.29) is 21.6 Å². The van der Waals surface area contributed by atoms with Crippen LogP contribution in [-0.4, -0.2) is 30.2 Å². The third-order valence-corrected chi connectivity index (χ3v) is 4.35. The van der Waals surface area contributed by atoms with Gasteiger partial charge < -0.3 is 4.74 Å². The van der Waals surface area contributed by atoms with Gasteiger partial charge in [-0.25, -0.2) is 4.79 Å². The fourth-order valence-corrected chi connectivity index (χ4v) is 2.88. The van der Waals surface area contributed by atoms with E-state index in [4.69, 9.17) is 4.74 Å². The van der Waals surface area contributed by atoms with Crippen molar-refractivity contribution in [1.82, 2.24) is 4.98 Å². The molecule has 0 radical (unpaired) electrons. The van der Waals surface area contributed by atoms with Crippen molar-refractivity contribution in [3.05, 3.63) is 36.5 Å². The highest BCUT2D eigenvalue weighted by atomic mass is 32.2. The van der Waals surface area contributed by atoms with Crippen molar-refractivity contribution < 1.29 is 22.5 Å².